The molecule has 0 amide bonds. The fourth-order valence-electron chi connectivity index (χ4n) is 3.90. The number of rotatable bonds is 3. The van der Waals surface area contributed by atoms with Gasteiger partial charge in [-0.2, -0.15) is 0 Å². The molecular formula is C22H21F3N4O. The normalized spacial score (nSPS) is 19.9. The molecule has 1 N–H and O–H groups in total. The van der Waals surface area contributed by atoms with Crippen molar-refractivity contribution in [3.8, 4) is 5.88 Å². The number of fused-ring (bicyclic) bond motifs is 1. The first-order chi connectivity index (χ1) is 14.3. The van der Waals surface area contributed by atoms with Gasteiger partial charge in [0.25, 0.3) is 0 Å². The Balaban J connectivity index is 1.83. The van der Waals surface area contributed by atoms with Crippen LogP contribution < -0.4 is 10.1 Å². The molecule has 1 unspecified atom stereocenters. The van der Waals surface area contributed by atoms with Gasteiger partial charge in [-0.3, -0.25) is 0 Å². The first-order valence-corrected chi connectivity index (χ1v) is 9.49. The highest BCUT2D eigenvalue weighted by Gasteiger charge is 2.39. The lowest BCUT2D eigenvalue weighted by molar-refractivity contribution is 0.368. The number of aromatic nitrogens is 1. The van der Waals surface area contributed by atoms with Gasteiger partial charge in [0.2, 0.25) is 11.8 Å². The average molecular weight is 414 g/mol. The first kappa shape index (κ1) is 20.0. The molecule has 1 aromatic heterocycles. The topological polar surface area (TPSA) is 49.8 Å². The molecule has 3 heterocycles. The van der Waals surface area contributed by atoms with Gasteiger partial charge >= 0.3 is 0 Å². The Labute approximate surface area is 172 Å². The van der Waals surface area contributed by atoms with E-state index in [1.807, 2.05) is 6.07 Å². The Bertz CT molecular complexity index is 1090. The number of hydrogen-bond acceptors (Lipinski definition) is 3. The second-order valence-corrected chi connectivity index (χ2v) is 7.37. The Morgan fingerprint density at radius 1 is 1.20 bits per heavy atom. The van der Waals surface area contributed by atoms with Crippen LogP contribution in [0.3, 0.4) is 0 Å². The Morgan fingerprint density at radius 2 is 1.97 bits per heavy atom. The van der Waals surface area contributed by atoms with Gasteiger partial charge in [-0.1, -0.05) is 12.6 Å². The number of ether oxygens (including phenoxy) is 1. The summed E-state index contributed by atoms with van der Waals surface area (Å²) < 4.78 is 47.9. The Morgan fingerprint density at radius 3 is 2.67 bits per heavy atom. The Kier molecular flexibility index (Phi) is 5.01. The Hall–Kier alpha value is -3.29. The van der Waals surface area contributed by atoms with Crippen LogP contribution in [0.25, 0.3) is 0 Å². The van der Waals surface area contributed by atoms with Crippen LogP contribution in [0.4, 0.5) is 18.9 Å². The van der Waals surface area contributed by atoms with Gasteiger partial charge in [0.1, 0.15) is 5.82 Å². The summed E-state index contributed by atoms with van der Waals surface area (Å²) in [5, 5.41) is 2.86. The van der Waals surface area contributed by atoms with Gasteiger partial charge in [-0.15, -0.1) is 0 Å². The number of benzene rings is 1. The predicted molar refractivity (Wildman–Crippen MR) is 108 cm³/mol. The lowest BCUT2D eigenvalue weighted by Crippen LogP contribution is -2.43. The van der Waals surface area contributed by atoms with Crippen molar-refractivity contribution in [3.63, 3.8) is 0 Å². The zero-order valence-corrected chi connectivity index (χ0v) is 16.9. The second kappa shape index (κ2) is 7.51. The van der Waals surface area contributed by atoms with Crippen LogP contribution in [0.1, 0.15) is 35.7 Å². The van der Waals surface area contributed by atoms with Crippen molar-refractivity contribution in [3.05, 3.63) is 76.5 Å². The molecule has 0 spiro atoms. The van der Waals surface area contributed by atoms with E-state index in [9.17, 15) is 13.2 Å². The minimum absolute atomic E-state index is 0.0793. The largest absolute Gasteiger partial charge is 0.479 e. The summed E-state index contributed by atoms with van der Waals surface area (Å²) in [7, 11) is 1.33. The first-order valence-electron chi connectivity index (χ1n) is 9.49. The number of nitrogens with one attached hydrogen (secondary N) is 1. The van der Waals surface area contributed by atoms with Gasteiger partial charge in [-0.25, -0.2) is 23.1 Å². The maximum absolute atomic E-state index is 14.8. The van der Waals surface area contributed by atoms with Crippen LogP contribution in [0, 0.1) is 25.5 Å². The molecule has 0 radical (unpaired) electrons. The average Bonchev–Trinajstić information content (AvgIpc) is 3.13. The van der Waals surface area contributed by atoms with Crippen molar-refractivity contribution in [1.82, 2.24) is 15.2 Å². The van der Waals surface area contributed by atoms with E-state index in [4.69, 9.17) is 4.74 Å². The van der Waals surface area contributed by atoms with Crippen LogP contribution >= 0.6 is 0 Å². The monoisotopic (exact) mass is 414 g/mol. The number of methoxy groups -OCH3 is 1. The van der Waals surface area contributed by atoms with E-state index in [2.05, 4.69) is 21.9 Å². The molecule has 0 aliphatic carbocycles. The number of guanidine groups is 1. The van der Waals surface area contributed by atoms with Crippen molar-refractivity contribution in [2.75, 3.05) is 7.11 Å². The highest BCUT2D eigenvalue weighted by Crippen LogP contribution is 2.43. The molecule has 30 heavy (non-hydrogen) atoms. The number of pyridine rings is 1. The maximum Gasteiger partial charge on any atom is 0.250 e. The molecule has 2 aromatic rings. The number of aryl methyl sites for hydroxylation is 2. The molecule has 1 fully saturated rings. The zero-order valence-electron chi connectivity index (χ0n) is 16.9. The lowest BCUT2D eigenvalue weighted by Gasteiger charge is -2.34. The number of hydrogen-bond donors (Lipinski definition) is 1. The van der Waals surface area contributed by atoms with Crippen LogP contribution in [0.15, 0.2) is 53.1 Å². The number of halogens is 3. The van der Waals surface area contributed by atoms with E-state index in [0.29, 0.717) is 29.8 Å². The molecule has 5 nitrogen and oxygen atoms in total. The summed E-state index contributed by atoms with van der Waals surface area (Å²) in [4.78, 5) is 10.3. The summed E-state index contributed by atoms with van der Waals surface area (Å²) in [5.74, 6) is -1.31. The van der Waals surface area contributed by atoms with E-state index in [1.165, 1.54) is 25.3 Å². The van der Waals surface area contributed by atoms with Crippen molar-refractivity contribution in [2.45, 2.75) is 32.7 Å². The molecule has 2 aliphatic rings. The van der Waals surface area contributed by atoms with Crippen molar-refractivity contribution in [1.29, 1.82) is 0 Å². The smallest absolute Gasteiger partial charge is 0.250 e. The third-order valence-electron chi connectivity index (χ3n) is 5.24. The van der Waals surface area contributed by atoms with Gasteiger partial charge in [-0.05, 0) is 49.9 Å². The van der Waals surface area contributed by atoms with Crippen molar-refractivity contribution in [2.24, 2.45) is 4.99 Å². The van der Waals surface area contributed by atoms with Gasteiger partial charge in [0.15, 0.2) is 11.6 Å². The molecule has 4 rings (SSSR count). The minimum atomic E-state index is -0.655. The highest BCUT2D eigenvalue weighted by molar-refractivity contribution is 5.89. The van der Waals surface area contributed by atoms with Crippen LogP contribution in [0.2, 0.25) is 0 Å². The third kappa shape index (κ3) is 3.42. The zero-order chi connectivity index (χ0) is 21.6. The van der Waals surface area contributed by atoms with Crippen molar-refractivity contribution >= 4 is 11.6 Å². The van der Waals surface area contributed by atoms with E-state index < -0.39 is 11.6 Å². The standard InChI is InChI=1S/C22H21F3N4O/c1-11-7-14(9-15(23)8-11)18-5-6-19-20(25)13(3)27-22(29(18)19)28-17-10-16(24)21(30-4)26-12(17)2/h7-10,18H,3,5-6H2,1-2,4H3,(H,27,28). The minimum Gasteiger partial charge on any atom is -0.479 e. The van der Waals surface area contributed by atoms with Crippen molar-refractivity contribution < 1.29 is 17.9 Å². The molecule has 1 atom stereocenters. The summed E-state index contributed by atoms with van der Waals surface area (Å²) in [6, 6.07) is 5.64. The third-order valence-corrected chi connectivity index (χ3v) is 5.24. The molecule has 2 aliphatic heterocycles. The van der Waals surface area contributed by atoms with Gasteiger partial charge < -0.3 is 15.0 Å². The van der Waals surface area contributed by atoms with E-state index in [-0.39, 0.29) is 35.1 Å². The SMILES string of the molecule is C=C1NC(=Nc2cc(F)c(OC)nc2C)N2C(=C1F)CCC2c1cc(C)cc(F)c1. The molecule has 8 heteroatoms. The molecule has 1 saturated heterocycles. The molecule has 0 saturated carbocycles. The van der Waals surface area contributed by atoms with Crippen LogP contribution in [-0.4, -0.2) is 23.0 Å². The number of aliphatic imine (C=N–C) groups is 1. The van der Waals surface area contributed by atoms with Crippen LogP contribution in [0.5, 0.6) is 5.88 Å². The summed E-state index contributed by atoms with van der Waals surface area (Å²) in [5.41, 5.74) is 2.70. The van der Waals surface area contributed by atoms with Gasteiger partial charge in [0, 0.05) is 6.07 Å². The summed E-state index contributed by atoms with van der Waals surface area (Å²) in [6.07, 6.45) is 1.02. The fourth-order valence-corrected chi connectivity index (χ4v) is 3.90. The predicted octanol–water partition coefficient (Wildman–Crippen LogP) is 5.11. The highest BCUT2D eigenvalue weighted by atomic mass is 19.1. The molecule has 1 aromatic carbocycles. The van der Waals surface area contributed by atoms with E-state index >= 15 is 0 Å². The van der Waals surface area contributed by atoms with E-state index in [0.717, 1.165) is 5.56 Å². The maximum atomic E-state index is 14.8. The molecule has 0 bridgehead atoms. The summed E-state index contributed by atoms with van der Waals surface area (Å²) in [6.45, 7) is 7.20. The fraction of sp³-hybridized carbons (Fsp3) is 0.273. The van der Waals surface area contributed by atoms with Crippen LogP contribution in [-0.2, 0) is 0 Å². The lowest BCUT2D eigenvalue weighted by atomic mass is 10.0. The molecular weight excluding hydrogens is 393 g/mol. The number of allylic oxidation sites excluding steroid dienone is 2. The van der Waals surface area contributed by atoms with Gasteiger partial charge in [0.05, 0.1) is 35.9 Å². The molecule has 156 valence electrons. The van der Waals surface area contributed by atoms with E-state index in [1.54, 1.807) is 18.7 Å². The summed E-state index contributed by atoms with van der Waals surface area (Å²) >= 11 is 0. The number of nitrogens with zero attached hydrogens (tertiary/aromatic N) is 3. The second-order valence-electron chi connectivity index (χ2n) is 7.37. The quantitative estimate of drug-likeness (QED) is 0.759.